The number of nitrogens with zero attached hydrogens (tertiary/aromatic N) is 1. The van der Waals surface area contributed by atoms with E-state index in [-0.39, 0.29) is 24.3 Å². The number of hydrogen-bond acceptors (Lipinski definition) is 3. The van der Waals surface area contributed by atoms with Crippen LogP contribution >= 0.6 is 0 Å². The third-order valence-electron chi connectivity index (χ3n) is 3.22. The minimum Gasteiger partial charge on any atom is -0.354 e. The van der Waals surface area contributed by atoms with Crippen LogP contribution in [0, 0.1) is 11.8 Å². The van der Waals surface area contributed by atoms with Crippen molar-refractivity contribution < 1.29 is 9.59 Å². The summed E-state index contributed by atoms with van der Waals surface area (Å²) in [6.45, 7) is 6.31. The number of nitrogens with two attached hydrogens (primary N) is 1. The number of carbonyl (C=O) groups excluding carboxylic acids is 2. The molecule has 2 amide bonds. The van der Waals surface area contributed by atoms with E-state index < -0.39 is 0 Å². The van der Waals surface area contributed by atoms with Crippen LogP contribution in [-0.4, -0.2) is 42.9 Å². The molecule has 0 bridgehead atoms. The Balaban J connectivity index is 2.49. The van der Waals surface area contributed by atoms with Crippen LogP contribution in [0.4, 0.5) is 0 Å². The van der Waals surface area contributed by atoms with Crippen molar-refractivity contribution in [3.63, 3.8) is 0 Å². The SMILES string of the molecule is CC(C)CC(CN)CC(=O)N1CCCNC(=O)C1. The lowest BCUT2D eigenvalue weighted by Gasteiger charge is -2.23. The summed E-state index contributed by atoms with van der Waals surface area (Å²) < 4.78 is 0. The van der Waals surface area contributed by atoms with Gasteiger partial charge in [-0.25, -0.2) is 0 Å². The molecule has 1 aliphatic rings. The van der Waals surface area contributed by atoms with Gasteiger partial charge in [-0.2, -0.15) is 0 Å². The molecule has 0 saturated carbocycles. The highest BCUT2D eigenvalue weighted by atomic mass is 16.2. The molecule has 5 heteroatoms. The molecule has 0 radical (unpaired) electrons. The van der Waals surface area contributed by atoms with E-state index in [0.717, 1.165) is 12.8 Å². The van der Waals surface area contributed by atoms with Crippen LogP contribution in [0.25, 0.3) is 0 Å². The Morgan fingerprint density at radius 3 is 2.83 bits per heavy atom. The maximum absolute atomic E-state index is 12.1. The molecule has 1 saturated heterocycles. The predicted molar refractivity (Wildman–Crippen MR) is 70.8 cm³/mol. The maximum atomic E-state index is 12.1. The van der Waals surface area contributed by atoms with Crippen molar-refractivity contribution in [2.75, 3.05) is 26.2 Å². The molecule has 0 aromatic heterocycles. The molecule has 18 heavy (non-hydrogen) atoms. The van der Waals surface area contributed by atoms with E-state index in [0.29, 0.717) is 32.0 Å². The molecule has 1 fully saturated rings. The van der Waals surface area contributed by atoms with Crippen molar-refractivity contribution in [3.8, 4) is 0 Å². The van der Waals surface area contributed by atoms with Crippen LogP contribution in [0.15, 0.2) is 0 Å². The molecule has 104 valence electrons. The average Bonchev–Trinajstić information content (AvgIpc) is 2.52. The quantitative estimate of drug-likeness (QED) is 0.744. The Morgan fingerprint density at radius 2 is 2.22 bits per heavy atom. The van der Waals surface area contributed by atoms with Gasteiger partial charge in [0.15, 0.2) is 0 Å². The molecule has 1 atom stereocenters. The Bertz CT molecular complexity index is 292. The zero-order chi connectivity index (χ0) is 13.5. The first kappa shape index (κ1) is 15.0. The standard InChI is InChI=1S/C13H25N3O2/c1-10(2)6-11(8-14)7-13(18)16-5-3-4-15-12(17)9-16/h10-11H,3-9,14H2,1-2H3,(H,15,17). The number of rotatable bonds is 5. The molecule has 1 aliphatic heterocycles. The van der Waals surface area contributed by atoms with Gasteiger partial charge in [-0.3, -0.25) is 9.59 Å². The van der Waals surface area contributed by atoms with Gasteiger partial charge in [-0.1, -0.05) is 13.8 Å². The summed E-state index contributed by atoms with van der Waals surface area (Å²) in [7, 11) is 0. The van der Waals surface area contributed by atoms with Crippen molar-refractivity contribution in [1.82, 2.24) is 10.2 Å². The van der Waals surface area contributed by atoms with Crippen molar-refractivity contribution in [2.24, 2.45) is 17.6 Å². The van der Waals surface area contributed by atoms with Crippen molar-refractivity contribution in [3.05, 3.63) is 0 Å². The molecular weight excluding hydrogens is 230 g/mol. The van der Waals surface area contributed by atoms with Gasteiger partial charge < -0.3 is 16.0 Å². The molecule has 1 unspecified atom stereocenters. The Hall–Kier alpha value is -1.10. The summed E-state index contributed by atoms with van der Waals surface area (Å²) in [5, 5.41) is 2.77. The van der Waals surface area contributed by atoms with E-state index in [1.807, 2.05) is 0 Å². The van der Waals surface area contributed by atoms with E-state index in [4.69, 9.17) is 5.73 Å². The first-order valence-corrected chi connectivity index (χ1v) is 6.77. The Kier molecular flexibility index (Phi) is 6.12. The lowest BCUT2D eigenvalue weighted by molar-refractivity contribution is -0.136. The summed E-state index contributed by atoms with van der Waals surface area (Å²) >= 11 is 0. The highest BCUT2D eigenvalue weighted by Crippen LogP contribution is 2.16. The van der Waals surface area contributed by atoms with Gasteiger partial charge >= 0.3 is 0 Å². The number of hydrogen-bond donors (Lipinski definition) is 2. The highest BCUT2D eigenvalue weighted by Gasteiger charge is 2.22. The molecule has 5 nitrogen and oxygen atoms in total. The lowest BCUT2D eigenvalue weighted by Crippen LogP contribution is -2.38. The fraction of sp³-hybridized carbons (Fsp3) is 0.846. The molecule has 1 heterocycles. The monoisotopic (exact) mass is 255 g/mol. The van der Waals surface area contributed by atoms with Crippen LogP contribution in [0.2, 0.25) is 0 Å². The van der Waals surface area contributed by atoms with Crippen LogP contribution < -0.4 is 11.1 Å². The smallest absolute Gasteiger partial charge is 0.239 e. The first-order chi connectivity index (χ1) is 8.52. The highest BCUT2D eigenvalue weighted by molar-refractivity contribution is 5.85. The van der Waals surface area contributed by atoms with Crippen LogP contribution in [0.1, 0.15) is 33.1 Å². The topological polar surface area (TPSA) is 75.4 Å². The lowest BCUT2D eigenvalue weighted by atomic mass is 9.94. The third kappa shape index (κ3) is 5.04. The van der Waals surface area contributed by atoms with Crippen molar-refractivity contribution >= 4 is 11.8 Å². The van der Waals surface area contributed by atoms with Gasteiger partial charge in [0, 0.05) is 19.5 Å². The number of amides is 2. The fourth-order valence-electron chi connectivity index (χ4n) is 2.32. The second-order valence-corrected chi connectivity index (χ2v) is 5.45. The zero-order valence-electron chi connectivity index (χ0n) is 11.4. The Labute approximate surface area is 109 Å². The zero-order valence-corrected chi connectivity index (χ0v) is 11.4. The van der Waals surface area contributed by atoms with Crippen LogP contribution in [0.5, 0.6) is 0 Å². The molecule has 0 aromatic carbocycles. The van der Waals surface area contributed by atoms with Gasteiger partial charge in [-0.15, -0.1) is 0 Å². The van der Waals surface area contributed by atoms with E-state index >= 15 is 0 Å². The Morgan fingerprint density at radius 1 is 1.50 bits per heavy atom. The van der Waals surface area contributed by atoms with E-state index in [2.05, 4.69) is 19.2 Å². The van der Waals surface area contributed by atoms with Crippen LogP contribution in [-0.2, 0) is 9.59 Å². The van der Waals surface area contributed by atoms with Crippen molar-refractivity contribution in [2.45, 2.75) is 33.1 Å². The fourth-order valence-corrected chi connectivity index (χ4v) is 2.32. The molecule has 0 aliphatic carbocycles. The molecule has 1 rings (SSSR count). The third-order valence-corrected chi connectivity index (χ3v) is 3.22. The number of nitrogens with one attached hydrogen (secondary N) is 1. The second kappa shape index (κ2) is 7.36. The van der Waals surface area contributed by atoms with E-state index in [1.54, 1.807) is 4.90 Å². The minimum atomic E-state index is -0.0611. The largest absolute Gasteiger partial charge is 0.354 e. The van der Waals surface area contributed by atoms with Gasteiger partial charge in [0.2, 0.25) is 11.8 Å². The maximum Gasteiger partial charge on any atom is 0.239 e. The minimum absolute atomic E-state index is 0.0585. The van der Waals surface area contributed by atoms with Gasteiger partial charge in [-0.05, 0) is 31.2 Å². The summed E-state index contributed by atoms with van der Waals surface area (Å²) in [4.78, 5) is 25.2. The summed E-state index contributed by atoms with van der Waals surface area (Å²) in [6.07, 6.45) is 2.25. The summed E-state index contributed by atoms with van der Waals surface area (Å²) in [5.41, 5.74) is 5.71. The van der Waals surface area contributed by atoms with E-state index in [1.165, 1.54) is 0 Å². The first-order valence-electron chi connectivity index (χ1n) is 6.77. The molecular formula is C13H25N3O2. The van der Waals surface area contributed by atoms with Gasteiger partial charge in [0.25, 0.3) is 0 Å². The second-order valence-electron chi connectivity index (χ2n) is 5.45. The predicted octanol–water partition coefficient (Wildman–Crippen LogP) is 0.346. The summed E-state index contributed by atoms with van der Waals surface area (Å²) in [5.74, 6) is 0.764. The molecule has 0 spiro atoms. The van der Waals surface area contributed by atoms with Gasteiger partial charge in [0.05, 0.1) is 6.54 Å². The van der Waals surface area contributed by atoms with E-state index in [9.17, 15) is 9.59 Å². The van der Waals surface area contributed by atoms with Gasteiger partial charge in [0.1, 0.15) is 0 Å². The molecule has 0 aromatic rings. The molecule has 3 N–H and O–H groups in total. The summed E-state index contributed by atoms with van der Waals surface area (Å²) in [6, 6.07) is 0. The van der Waals surface area contributed by atoms with Crippen LogP contribution in [0.3, 0.4) is 0 Å². The number of carbonyl (C=O) groups is 2. The average molecular weight is 255 g/mol. The van der Waals surface area contributed by atoms with Crippen molar-refractivity contribution in [1.29, 1.82) is 0 Å². The normalized spacial score (nSPS) is 18.4.